The third-order valence-corrected chi connectivity index (χ3v) is 2.18. The Kier molecular flexibility index (Phi) is 6.65. The van der Waals surface area contributed by atoms with Crippen LogP contribution in [0.15, 0.2) is 0 Å². The number of nitrogens with one attached hydrogen (secondary N) is 1. The van der Waals surface area contributed by atoms with E-state index in [9.17, 15) is 4.79 Å². The number of ether oxygens (including phenoxy) is 1. The van der Waals surface area contributed by atoms with Gasteiger partial charge >= 0.3 is 5.97 Å². The van der Waals surface area contributed by atoms with Crippen molar-refractivity contribution in [1.29, 1.82) is 0 Å². The molecule has 0 aliphatic carbocycles. The minimum Gasteiger partial charge on any atom is -0.460 e. The van der Waals surface area contributed by atoms with Gasteiger partial charge in [-0.3, -0.25) is 4.79 Å². The van der Waals surface area contributed by atoms with Crippen LogP contribution >= 0.6 is 0 Å². The highest BCUT2D eigenvalue weighted by Gasteiger charge is 2.23. The molecular formula is C13H27NO2. The Morgan fingerprint density at radius 3 is 2.19 bits per heavy atom. The van der Waals surface area contributed by atoms with Crippen LogP contribution in [0.2, 0.25) is 0 Å². The zero-order valence-corrected chi connectivity index (χ0v) is 11.6. The van der Waals surface area contributed by atoms with E-state index >= 15 is 0 Å². The van der Waals surface area contributed by atoms with Crippen LogP contribution in [-0.4, -0.2) is 24.7 Å². The summed E-state index contributed by atoms with van der Waals surface area (Å²) in [7, 11) is 0. The van der Waals surface area contributed by atoms with E-state index in [1.807, 2.05) is 27.7 Å². The van der Waals surface area contributed by atoms with Gasteiger partial charge in [-0.15, -0.1) is 0 Å². The summed E-state index contributed by atoms with van der Waals surface area (Å²) in [5.74, 6) is 0.486. The molecule has 1 N–H and O–H groups in total. The molecule has 3 nitrogen and oxygen atoms in total. The second kappa shape index (κ2) is 6.89. The van der Waals surface area contributed by atoms with E-state index < -0.39 is 0 Å². The predicted molar refractivity (Wildman–Crippen MR) is 67.3 cm³/mol. The van der Waals surface area contributed by atoms with Crippen LogP contribution in [0.3, 0.4) is 0 Å². The lowest BCUT2D eigenvalue weighted by Crippen LogP contribution is -2.35. The van der Waals surface area contributed by atoms with E-state index in [-0.39, 0.29) is 17.5 Å². The molecule has 0 aliphatic rings. The molecule has 0 aliphatic heterocycles. The molecule has 0 aromatic carbocycles. The normalized spacial score (nSPS) is 13.9. The SMILES string of the molecule is CCC(CNCC(C)C)C(=O)OC(C)(C)C. The quantitative estimate of drug-likeness (QED) is 0.711. The van der Waals surface area contributed by atoms with Crippen molar-refractivity contribution in [2.45, 2.75) is 53.6 Å². The van der Waals surface area contributed by atoms with Crippen molar-refractivity contribution in [3.05, 3.63) is 0 Å². The molecule has 96 valence electrons. The first kappa shape index (κ1) is 15.4. The molecule has 1 atom stereocenters. The zero-order valence-electron chi connectivity index (χ0n) is 11.6. The van der Waals surface area contributed by atoms with E-state index in [0.717, 1.165) is 13.0 Å². The molecule has 1 unspecified atom stereocenters. The fourth-order valence-electron chi connectivity index (χ4n) is 1.33. The summed E-state index contributed by atoms with van der Waals surface area (Å²) in [6, 6.07) is 0. The molecule has 0 aromatic rings. The second-order valence-corrected chi connectivity index (χ2v) is 5.69. The summed E-state index contributed by atoms with van der Waals surface area (Å²) in [5.41, 5.74) is -0.386. The number of carbonyl (C=O) groups is 1. The van der Waals surface area contributed by atoms with Crippen molar-refractivity contribution in [3.63, 3.8) is 0 Å². The average Bonchev–Trinajstić information content (AvgIpc) is 2.08. The Morgan fingerprint density at radius 1 is 1.25 bits per heavy atom. The molecule has 0 amide bonds. The Morgan fingerprint density at radius 2 is 1.81 bits per heavy atom. The molecule has 0 aromatic heterocycles. The molecule has 3 heteroatoms. The van der Waals surface area contributed by atoms with Crippen LogP contribution in [-0.2, 0) is 9.53 Å². The third kappa shape index (κ3) is 7.69. The maximum Gasteiger partial charge on any atom is 0.310 e. The molecule has 0 heterocycles. The number of hydrogen-bond acceptors (Lipinski definition) is 3. The molecular weight excluding hydrogens is 202 g/mol. The molecule has 0 saturated carbocycles. The summed E-state index contributed by atoms with van der Waals surface area (Å²) in [4.78, 5) is 11.8. The van der Waals surface area contributed by atoms with Gasteiger partial charge in [0, 0.05) is 6.54 Å². The first-order chi connectivity index (χ1) is 7.26. The van der Waals surface area contributed by atoms with Gasteiger partial charge in [0.1, 0.15) is 5.60 Å². The van der Waals surface area contributed by atoms with Gasteiger partial charge in [0.15, 0.2) is 0 Å². The monoisotopic (exact) mass is 229 g/mol. The smallest absolute Gasteiger partial charge is 0.310 e. The van der Waals surface area contributed by atoms with Gasteiger partial charge in [-0.05, 0) is 39.7 Å². The highest BCUT2D eigenvalue weighted by Crippen LogP contribution is 2.13. The molecule has 16 heavy (non-hydrogen) atoms. The highest BCUT2D eigenvalue weighted by atomic mass is 16.6. The van der Waals surface area contributed by atoms with Crippen molar-refractivity contribution in [1.82, 2.24) is 5.32 Å². The first-order valence-electron chi connectivity index (χ1n) is 6.19. The van der Waals surface area contributed by atoms with E-state index in [0.29, 0.717) is 12.5 Å². The van der Waals surface area contributed by atoms with Crippen molar-refractivity contribution >= 4 is 5.97 Å². The number of esters is 1. The maximum absolute atomic E-state index is 11.8. The Bertz CT molecular complexity index is 206. The van der Waals surface area contributed by atoms with Crippen LogP contribution in [0.1, 0.15) is 48.0 Å². The van der Waals surface area contributed by atoms with E-state index in [1.165, 1.54) is 0 Å². The van der Waals surface area contributed by atoms with Gasteiger partial charge in [0.25, 0.3) is 0 Å². The van der Waals surface area contributed by atoms with Crippen LogP contribution in [0.5, 0.6) is 0 Å². The molecule has 0 saturated heterocycles. The van der Waals surface area contributed by atoms with Gasteiger partial charge in [0.05, 0.1) is 5.92 Å². The van der Waals surface area contributed by atoms with Crippen molar-refractivity contribution < 1.29 is 9.53 Å². The topological polar surface area (TPSA) is 38.3 Å². The number of rotatable bonds is 6. The van der Waals surface area contributed by atoms with Crippen molar-refractivity contribution in [2.24, 2.45) is 11.8 Å². The standard InChI is InChI=1S/C13H27NO2/c1-7-11(9-14-8-10(2)3)12(15)16-13(4,5)6/h10-11,14H,7-9H2,1-6H3. The van der Waals surface area contributed by atoms with Gasteiger partial charge in [-0.25, -0.2) is 0 Å². The lowest BCUT2D eigenvalue weighted by Gasteiger charge is -2.23. The molecule has 0 radical (unpaired) electrons. The summed E-state index contributed by atoms with van der Waals surface area (Å²) in [5, 5.41) is 3.30. The van der Waals surface area contributed by atoms with Gasteiger partial charge in [0.2, 0.25) is 0 Å². The summed E-state index contributed by atoms with van der Waals surface area (Å²) in [6.45, 7) is 13.7. The van der Waals surface area contributed by atoms with Crippen molar-refractivity contribution in [2.75, 3.05) is 13.1 Å². The Hall–Kier alpha value is -0.570. The van der Waals surface area contributed by atoms with Gasteiger partial charge < -0.3 is 10.1 Å². The summed E-state index contributed by atoms with van der Waals surface area (Å²) >= 11 is 0. The Labute approximate surface area is 99.9 Å². The first-order valence-corrected chi connectivity index (χ1v) is 6.19. The van der Waals surface area contributed by atoms with Crippen LogP contribution in [0.4, 0.5) is 0 Å². The highest BCUT2D eigenvalue weighted by molar-refractivity contribution is 5.73. The summed E-state index contributed by atoms with van der Waals surface area (Å²) in [6.07, 6.45) is 0.819. The van der Waals surface area contributed by atoms with Gasteiger partial charge in [-0.1, -0.05) is 20.8 Å². The van der Waals surface area contributed by atoms with E-state index in [4.69, 9.17) is 4.74 Å². The lowest BCUT2D eigenvalue weighted by molar-refractivity contribution is -0.159. The van der Waals surface area contributed by atoms with Crippen LogP contribution < -0.4 is 5.32 Å². The second-order valence-electron chi connectivity index (χ2n) is 5.69. The zero-order chi connectivity index (χ0) is 12.8. The largest absolute Gasteiger partial charge is 0.460 e. The minimum atomic E-state index is -0.386. The number of carbonyl (C=O) groups excluding carboxylic acids is 1. The predicted octanol–water partition coefficient (Wildman–Crippen LogP) is 2.60. The fourth-order valence-corrected chi connectivity index (χ4v) is 1.33. The molecule has 0 rings (SSSR count). The summed E-state index contributed by atoms with van der Waals surface area (Å²) < 4.78 is 5.37. The maximum atomic E-state index is 11.8. The van der Waals surface area contributed by atoms with Crippen LogP contribution in [0.25, 0.3) is 0 Å². The van der Waals surface area contributed by atoms with Gasteiger partial charge in [-0.2, -0.15) is 0 Å². The Balaban J connectivity index is 4.02. The molecule has 0 spiro atoms. The molecule has 0 bridgehead atoms. The average molecular weight is 229 g/mol. The fraction of sp³-hybridized carbons (Fsp3) is 0.923. The van der Waals surface area contributed by atoms with E-state index in [1.54, 1.807) is 0 Å². The third-order valence-electron chi connectivity index (χ3n) is 2.18. The van der Waals surface area contributed by atoms with Crippen LogP contribution in [0, 0.1) is 11.8 Å². The number of hydrogen-bond donors (Lipinski definition) is 1. The van der Waals surface area contributed by atoms with Crippen molar-refractivity contribution in [3.8, 4) is 0 Å². The lowest BCUT2D eigenvalue weighted by atomic mass is 10.1. The minimum absolute atomic E-state index is 0.0297. The molecule has 0 fully saturated rings. The van der Waals surface area contributed by atoms with E-state index in [2.05, 4.69) is 19.2 Å².